The molecule has 4 heteroatoms. The van der Waals surface area contributed by atoms with E-state index in [-0.39, 0.29) is 17.5 Å². The molecule has 1 aliphatic rings. The van der Waals surface area contributed by atoms with Crippen molar-refractivity contribution >= 4 is 12.2 Å². The van der Waals surface area contributed by atoms with E-state index >= 15 is 0 Å². The van der Waals surface area contributed by atoms with Crippen molar-refractivity contribution in [3.63, 3.8) is 0 Å². The highest BCUT2D eigenvalue weighted by Gasteiger charge is 2.25. The summed E-state index contributed by atoms with van der Waals surface area (Å²) >= 11 is 0. The van der Waals surface area contributed by atoms with Crippen LogP contribution in [0.25, 0.3) is 12.2 Å². The monoisotopic (exact) mass is 386 g/mol. The van der Waals surface area contributed by atoms with Crippen LogP contribution in [-0.4, -0.2) is 6.61 Å². The van der Waals surface area contributed by atoms with Gasteiger partial charge < -0.3 is 4.74 Å². The minimum Gasteiger partial charge on any atom is -0.491 e. The second kappa shape index (κ2) is 9.13. The van der Waals surface area contributed by atoms with Gasteiger partial charge in [-0.25, -0.2) is 8.78 Å². The van der Waals surface area contributed by atoms with Crippen LogP contribution in [0.1, 0.15) is 55.2 Å². The van der Waals surface area contributed by atoms with Crippen molar-refractivity contribution in [2.24, 2.45) is 5.92 Å². The molecule has 1 saturated carbocycles. The van der Waals surface area contributed by atoms with Crippen molar-refractivity contribution in [1.82, 2.24) is 0 Å². The van der Waals surface area contributed by atoms with Gasteiger partial charge in [0.2, 0.25) is 5.82 Å². The van der Waals surface area contributed by atoms with Crippen LogP contribution < -0.4 is 4.74 Å². The molecule has 0 unspecified atom stereocenters. The molecule has 2 aromatic carbocycles. The smallest absolute Gasteiger partial charge is 0.200 e. The molecular formula is C24H25F3O. The third-order valence-corrected chi connectivity index (χ3v) is 5.39. The SMILES string of the molecule is C=Cc1ccc(/C=C/C2CCC(c3ccc(OCC)c(F)c3F)CC2)cc1F. The van der Waals surface area contributed by atoms with Gasteiger partial charge >= 0.3 is 0 Å². The number of allylic oxidation sites excluding steroid dienone is 1. The van der Waals surface area contributed by atoms with E-state index in [0.717, 1.165) is 31.2 Å². The molecule has 3 rings (SSSR count). The molecule has 0 bridgehead atoms. The van der Waals surface area contributed by atoms with E-state index in [1.165, 1.54) is 18.2 Å². The molecule has 0 aromatic heterocycles. The van der Waals surface area contributed by atoms with Crippen LogP contribution in [-0.2, 0) is 0 Å². The van der Waals surface area contributed by atoms with Gasteiger partial charge in [-0.3, -0.25) is 0 Å². The lowest BCUT2D eigenvalue weighted by Gasteiger charge is -2.27. The minimum atomic E-state index is -0.897. The summed E-state index contributed by atoms with van der Waals surface area (Å²) in [4.78, 5) is 0. The van der Waals surface area contributed by atoms with Gasteiger partial charge in [-0.1, -0.05) is 43.0 Å². The van der Waals surface area contributed by atoms with E-state index < -0.39 is 11.6 Å². The van der Waals surface area contributed by atoms with Gasteiger partial charge in [0.1, 0.15) is 5.82 Å². The Hall–Kier alpha value is -2.49. The van der Waals surface area contributed by atoms with Crippen LogP contribution in [0.3, 0.4) is 0 Å². The van der Waals surface area contributed by atoms with E-state index in [1.807, 2.05) is 12.1 Å². The lowest BCUT2D eigenvalue weighted by atomic mass is 9.78. The molecular weight excluding hydrogens is 361 g/mol. The lowest BCUT2D eigenvalue weighted by molar-refractivity contribution is 0.310. The molecule has 28 heavy (non-hydrogen) atoms. The first-order valence-corrected chi connectivity index (χ1v) is 9.74. The van der Waals surface area contributed by atoms with Crippen molar-refractivity contribution in [2.75, 3.05) is 6.61 Å². The first-order valence-electron chi connectivity index (χ1n) is 9.74. The fourth-order valence-corrected chi connectivity index (χ4v) is 3.81. The van der Waals surface area contributed by atoms with Crippen LogP contribution in [0.2, 0.25) is 0 Å². The maximum absolute atomic E-state index is 14.4. The Balaban J connectivity index is 1.62. The number of rotatable bonds is 6. The predicted octanol–water partition coefficient (Wildman–Crippen LogP) is 7.13. The fraction of sp³-hybridized carbons (Fsp3) is 0.333. The number of halogens is 3. The van der Waals surface area contributed by atoms with Crippen molar-refractivity contribution in [3.05, 3.63) is 77.1 Å². The molecule has 148 valence electrons. The Morgan fingerprint density at radius 2 is 1.79 bits per heavy atom. The third kappa shape index (κ3) is 4.49. The summed E-state index contributed by atoms with van der Waals surface area (Å²) in [5.41, 5.74) is 1.73. The van der Waals surface area contributed by atoms with E-state index in [2.05, 4.69) is 12.7 Å². The summed E-state index contributed by atoms with van der Waals surface area (Å²) in [5, 5.41) is 0. The summed E-state index contributed by atoms with van der Waals surface area (Å²) in [6.45, 7) is 5.62. The van der Waals surface area contributed by atoms with Gasteiger partial charge in [0.25, 0.3) is 0 Å². The Morgan fingerprint density at radius 3 is 2.43 bits per heavy atom. The highest BCUT2D eigenvalue weighted by molar-refractivity contribution is 5.55. The van der Waals surface area contributed by atoms with Crippen LogP contribution in [0, 0.1) is 23.4 Å². The Labute approximate surface area is 164 Å². The van der Waals surface area contributed by atoms with Gasteiger partial charge in [-0.15, -0.1) is 0 Å². The predicted molar refractivity (Wildman–Crippen MR) is 108 cm³/mol. The Kier molecular flexibility index (Phi) is 6.61. The van der Waals surface area contributed by atoms with Crippen molar-refractivity contribution in [1.29, 1.82) is 0 Å². The quantitative estimate of drug-likeness (QED) is 0.513. The maximum atomic E-state index is 14.4. The number of hydrogen-bond acceptors (Lipinski definition) is 1. The van der Waals surface area contributed by atoms with E-state index in [4.69, 9.17) is 4.74 Å². The second-order valence-corrected chi connectivity index (χ2v) is 7.17. The summed E-state index contributed by atoms with van der Waals surface area (Å²) in [7, 11) is 0. The van der Waals surface area contributed by atoms with Crippen LogP contribution >= 0.6 is 0 Å². The van der Waals surface area contributed by atoms with E-state index in [0.29, 0.717) is 23.7 Å². The van der Waals surface area contributed by atoms with Gasteiger partial charge in [0, 0.05) is 5.56 Å². The largest absolute Gasteiger partial charge is 0.491 e. The standard InChI is InChI=1S/C24H25F3O/c1-3-18-10-9-17(15-21(18)25)6-5-16-7-11-19(12-8-16)20-13-14-22(28-4-2)24(27)23(20)26/h3,5-6,9-10,13-16,19H,1,4,7-8,11-12H2,2H3/b6-5+. The minimum absolute atomic E-state index is 0.0131. The van der Waals surface area contributed by atoms with Crippen molar-refractivity contribution in [2.45, 2.75) is 38.5 Å². The lowest BCUT2D eigenvalue weighted by Crippen LogP contribution is -2.14. The first kappa shape index (κ1) is 20.2. The van der Waals surface area contributed by atoms with E-state index in [1.54, 1.807) is 19.1 Å². The molecule has 2 aromatic rings. The molecule has 1 fully saturated rings. The molecule has 1 aliphatic carbocycles. The van der Waals surface area contributed by atoms with Crippen molar-refractivity contribution in [3.8, 4) is 5.75 Å². The van der Waals surface area contributed by atoms with Gasteiger partial charge in [0.05, 0.1) is 6.61 Å². The van der Waals surface area contributed by atoms with Crippen molar-refractivity contribution < 1.29 is 17.9 Å². The van der Waals surface area contributed by atoms with Crippen LogP contribution in [0.5, 0.6) is 5.75 Å². The zero-order chi connectivity index (χ0) is 20.1. The summed E-state index contributed by atoms with van der Waals surface area (Å²) in [6, 6.07) is 8.23. The average Bonchev–Trinajstić information content (AvgIpc) is 2.71. The maximum Gasteiger partial charge on any atom is 0.200 e. The zero-order valence-electron chi connectivity index (χ0n) is 16.1. The zero-order valence-corrected chi connectivity index (χ0v) is 16.1. The normalized spacial score (nSPS) is 19.7. The topological polar surface area (TPSA) is 9.23 Å². The van der Waals surface area contributed by atoms with Crippen LogP contribution in [0.4, 0.5) is 13.2 Å². The molecule has 0 atom stereocenters. The second-order valence-electron chi connectivity index (χ2n) is 7.17. The number of hydrogen-bond donors (Lipinski definition) is 0. The molecule has 0 heterocycles. The molecule has 0 aliphatic heterocycles. The van der Waals surface area contributed by atoms with Crippen LogP contribution in [0.15, 0.2) is 43.0 Å². The van der Waals surface area contributed by atoms with E-state index in [9.17, 15) is 13.2 Å². The molecule has 0 radical (unpaired) electrons. The molecule has 0 N–H and O–H groups in total. The summed E-state index contributed by atoms with van der Waals surface area (Å²) < 4.78 is 47.5. The number of ether oxygens (including phenoxy) is 1. The Bertz CT molecular complexity index is 864. The highest BCUT2D eigenvalue weighted by atomic mass is 19.2. The Morgan fingerprint density at radius 1 is 1.04 bits per heavy atom. The highest BCUT2D eigenvalue weighted by Crippen LogP contribution is 2.39. The average molecular weight is 386 g/mol. The summed E-state index contributed by atoms with van der Waals surface area (Å²) in [5.74, 6) is -1.63. The first-order chi connectivity index (χ1) is 13.5. The molecule has 0 spiro atoms. The molecule has 0 saturated heterocycles. The fourth-order valence-electron chi connectivity index (χ4n) is 3.81. The number of benzene rings is 2. The molecule has 0 amide bonds. The molecule has 1 nitrogen and oxygen atoms in total. The third-order valence-electron chi connectivity index (χ3n) is 5.39. The summed E-state index contributed by atoms with van der Waals surface area (Å²) in [6.07, 6.45) is 8.89. The van der Waals surface area contributed by atoms with Gasteiger partial charge in [-0.2, -0.15) is 4.39 Å². The van der Waals surface area contributed by atoms with Gasteiger partial charge in [0.15, 0.2) is 11.6 Å². The van der Waals surface area contributed by atoms with Gasteiger partial charge in [-0.05, 0) is 67.7 Å².